The van der Waals surface area contributed by atoms with E-state index in [9.17, 15) is 4.39 Å². The van der Waals surface area contributed by atoms with Gasteiger partial charge in [0.25, 0.3) is 0 Å². The Morgan fingerprint density at radius 3 is 2.71 bits per heavy atom. The molecule has 0 unspecified atom stereocenters. The predicted octanol–water partition coefficient (Wildman–Crippen LogP) is 4.02. The third-order valence-corrected chi connectivity index (χ3v) is 3.68. The first-order chi connectivity index (χ1) is 7.98. The van der Waals surface area contributed by atoms with Crippen molar-refractivity contribution in [3.05, 3.63) is 35.3 Å². The van der Waals surface area contributed by atoms with Gasteiger partial charge in [0.15, 0.2) is 0 Å². The highest BCUT2D eigenvalue weighted by atomic mass is 19.1. The van der Waals surface area contributed by atoms with E-state index in [1.54, 1.807) is 12.1 Å². The zero-order chi connectivity index (χ0) is 12.2. The van der Waals surface area contributed by atoms with Crippen LogP contribution in [0.2, 0.25) is 0 Å². The van der Waals surface area contributed by atoms with Crippen LogP contribution in [0.25, 0.3) is 10.9 Å². The summed E-state index contributed by atoms with van der Waals surface area (Å²) in [6, 6.07) is 5.19. The van der Waals surface area contributed by atoms with E-state index in [0.717, 1.165) is 18.4 Å². The zero-order valence-corrected chi connectivity index (χ0v) is 10.7. The standard InChI is InChI=1S/C15H18FN/c1-15(2,3)14-11-9-10(16)6-7-12(11)17-8-4-5-13(14)17/h6-7,9H,4-5,8H2,1-3H3. The third kappa shape index (κ3) is 1.50. The monoisotopic (exact) mass is 231 g/mol. The number of nitrogens with zero attached hydrogens (tertiary/aromatic N) is 1. The molecule has 0 atom stereocenters. The summed E-state index contributed by atoms with van der Waals surface area (Å²) in [5.74, 6) is -0.132. The lowest BCUT2D eigenvalue weighted by Crippen LogP contribution is -2.13. The maximum atomic E-state index is 13.5. The highest BCUT2D eigenvalue weighted by molar-refractivity contribution is 5.87. The molecule has 1 nitrogen and oxygen atoms in total. The summed E-state index contributed by atoms with van der Waals surface area (Å²) < 4.78 is 15.8. The Morgan fingerprint density at radius 1 is 1.24 bits per heavy atom. The molecule has 17 heavy (non-hydrogen) atoms. The molecule has 2 heterocycles. The number of fused-ring (bicyclic) bond motifs is 3. The molecule has 2 aromatic rings. The van der Waals surface area contributed by atoms with Crippen molar-refractivity contribution in [2.75, 3.05) is 0 Å². The molecule has 3 rings (SSSR count). The summed E-state index contributed by atoms with van der Waals surface area (Å²) >= 11 is 0. The van der Waals surface area contributed by atoms with Crippen LogP contribution >= 0.6 is 0 Å². The lowest BCUT2D eigenvalue weighted by Gasteiger charge is -2.20. The Hall–Kier alpha value is -1.31. The van der Waals surface area contributed by atoms with Gasteiger partial charge in [-0.3, -0.25) is 0 Å². The van der Waals surface area contributed by atoms with Gasteiger partial charge in [-0.2, -0.15) is 0 Å². The number of hydrogen-bond acceptors (Lipinski definition) is 0. The Kier molecular flexibility index (Phi) is 2.13. The number of benzene rings is 1. The van der Waals surface area contributed by atoms with E-state index < -0.39 is 0 Å². The molecule has 0 amide bonds. The van der Waals surface area contributed by atoms with Crippen molar-refractivity contribution in [1.29, 1.82) is 0 Å². The molecule has 1 aliphatic rings. The highest BCUT2D eigenvalue weighted by Crippen LogP contribution is 2.38. The van der Waals surface area contributed by atoms with Crippen molar-refractivity contribution < 1.29 is 4.39 Å². The molecule has 0 fully saturated rings. The topological polar surface area (TPSA) is 4.93 Å². The predicted molar refractivity (Wildman–Crippen MR) is 68.9 cm³/mol. The van der Waals surface area contributed by atoms with Crippen LogP contribution in [0.15, 0.2) is 18.2 Å². The molecule has 0 saturated heterocycles. The summed E-state index contributed by atoms with van der Waals surface area (Å²) in [5, 5.41) is 1.10. The van der Waals surface area contributed by atoms with Gasteiger partial charge in [-0.1, -0.05) is 20.8 Å². The largest absolute Gasteiger partial charge is 0.344 e. The number of aryl methyl sites for hydroxylation is 1. The smallest absolute Gasteiger partial charge is 0.123 e. The SMILES string of the molecule is CC(C)(C)c1c2n(c3ccc(F)cc13)CCC2. The maximum absolute atomic E-state index is 13.5. The zero-order valence-electron chi connectivity index (χ0n) is 10.7. The van der Waals surface area contributed by atoms with Gasteiger partial charge >= 0.3 is 0 Å². The van der Waals surface area contributed by atoms with Crippen molar-refractivity contribution in [3.63, 3.8) is 0 Å². The van der Waals surface area contributed by atoms with Crippen LogP contribution in [0.4, 0.5) is 4.39 Å². The fraction of sp³-hybridized carbons (Fsp3) is 0.467. The molecular weight excluding hydrogens is 213 g/mol. The van der Waals surface area contributed by atoms with Crippen molar-refractivity contribution in [1.82, 2.24) is 4.57 Å². The van der Waals surface area contributed by atoms with Crippen LogP contribution < -0.4 is 0 Å². The Morgan fingerprint density at radius 2 is 2.00 bits per heavy atom. The van der Waals surface area contributed by atoms with Gasteiger partial charge in [-0.15, -0.1) is 0 Å². The molecular formula is C15H18FN. The molecule has 0 spiro atoms. The third-order valence-electron chi connectivity index (χ3n) is 3.68. The Labute approximate surface area is 101 Å². The molecule has 0 N–H and O–H groups in total. The molecule has 90 valence electrons. The first kappa shape index (κ1) is 10.8. The number of halogens is 1. The van der Waals surface area contributed by atoms with E-state index in [0.29, 0.717) is 0 Å². The number of aromatic nitrogens is 1. The van der Waals surface area contributed by atoms with E-state index in [4.69, 9.17) is 0 Å². The summed E-state index contributed by atoms with van der Waals surface area (Å²) in [5.41, 5.74) is 4.03. The summed E-state index contributed by atoms with van der Waals surface area (Å²) in [7, 11) is 0. The van der Waals surface area contributed by atoms with Gasteiger partial charge < -0.3 is 4.57 Å². The van der Waals surface area contributed by atoms with Gasteiger partial charge in [0, 0.05) is 23.1 Å². The molecule has 1 aliphatic heterocycles. The van der Waals surface area contributed by atoms with Gasteiger partial charge in [0.2, 0.25) is 0 Å². The fourth-order valence-electron chi connectivity index (χ4n) is 3.14. The second-order valence-electron chi connectivity index (χ2n) is 5.99. The normalized spacial score (nSPS) is 15.5. The number of hydrogen-bond donors (Lipinski definition) is 0. The van der Waals surface area contributed by atoms with Crippen molar-refractivity contribution in [3.8, 4) is 0 Å². The van der Waals surface area contributed by atoms with E-state index in [-0.39, 0.29) is 11.2 Å². The first-order valence-electron chi connectivity index (χ1n) is 6.29. The first-order valence-corrected chi connectivity index (χ1v) is 6.29. The second-order valence-corrected chi connectivity index (χ2v) is 5.99. The summed E-state index contributed by atoms with van der Waals surface area (Å²) in [4.78, 5) is 0. The minimum absolute atomic E-state index is 0.0803. The van der Waals surface area contributed by atoms with Crippen LogP contribution in [0, 0.1) is 5.82 Å². The van der Waals surface area contributed by atoms with Crippen LogP contribution in [0.3, 0.4) is 0 Å². The molecule has 0 saturated carbocycles. The average Bonchev–Trinajstić information content (AvgIpc) is 2.73. The molecule has 1 aromatic heterocycles. The molecule has 2 heteroatoms. The fourth-order valence-corrected chi connectivity index (χ4v) is 3.14. The average molecular weight is 231 g/mol. The van der Waals surface area contributed by atoms with Crippen LogP contribution in [0.5, 0.6) is 0 Å². The maximum Gasteiger partial charge on any atom is 0.123 e. The summed E-state index contributed by atoms with van der Waals surface area (Å²) in [6.45, 7) is 7.72. The minimum Gasteiger partial charge on any atom is -0.344 e. The highest BCUT2D eigenvalue weighted by Gasteiger charge is 2.28. The number of rotatable bonds is 0. The van der Waals surface area contributed by atoms with E-state index in [2.05, 4.69) is 25.3 Å². The van der Waals surface area contributed by atoms with E-state index >= 15 is 0 Å². The second kappa shape index (κ2) is 3.34. The lowest BCUT2D eigenvalue weighted by molar-refractivity contribution is 0.587. The van der Waals surface area contributed by atoms with Crippen molar-refractivity contribution in [2.24, 2.45) is 0 Å². The van der Waals surface area contributed by atoms with Gasteiger partial charge in [-0.05, 0) is 42.0 Å². The van der Waals surface area contributed by atoms with Crippen LogP contribution in [-0.2, 0) is 18.4 Å². The molecule has 0 aliphatic carbocycles. The minimum atomic E-state index is -0.132. The van der Waals surface area contributed by atoms with Gasteiger partial charge in [-0.25, -0.2) is 4.39 Å². The molecule has 0 radical (unpaired) electrons. The Bertz CT molecular complexity index is 587. The van der Waals surface area contributed by atoms with Crippen LogP contribution in [-0.4, -0.2) is 4.57 Å². The van der Waals surface area contributed by atoms with Gasteiger partial charge in [0.1, 0.15) is 5.82 Å². The van der Waals surface area contributed by atoms with Crippen LogP contribution in [0.1, 0.15) is 38.4 Å². The van der Waals surface area contributed by atoms with E-state index in [1.165, 1.54) is 23.2 Å². The Balaban J connectivity index is 2.43. The van der Waals surface area contributed by atoms with Crippen molar-refractivity contribution in [2.45, 2.75) is 45.6 Å². The summed E-state index contributed by atoms with van der Waals surface area (Å²) in [6.07, 6.45) is 2.34. The van der Waals surface area contributed by atoms with E-state index in [1.807, 2.05) is 6.07 Å². The van der Waals surface area contributed by atoms with Crippen molar-refractivity contribution >= 4 is 10.9 Å². The lowest BCUT2D eigenvalue weighted by atomic mass is 9.84. The quantitative estimate of drug-likeness (QED) is 0.645. The molecule has 0 bridgehead atoms. The molecule has 1 aromatic carbocycles. The van der Waals surface area contributed by atoms with Gasteiger partial charge in [0.05, 0.1) is 0 Å².